The van der Waals surface area contributed by atoms with Crippen LogP contribution in [0, 0.1) is 30.1 Å². The Hall–Kier alpha value is -2.08. The van der Waals surface area contributed by atoms with E-state index in [2.05, 4.69) is 90.7 Å². The van der Waals surface area contributed by atoms with Crippen LogP contribution in [0.1, 0.15) is 73.6 Å². The van der Waals surface area contributed by atoms with Crippen molar-refractivity contribution in [1.82, 2.24) is 29.3 Å². The minimum atomic E-state index is 0.232. The zero-order valence-corrected chi connectivity index (χ0v) is 23.4. The summed E-state index contributed by atoms with van der Waals surface area (Å²) >= 11 is 5.85. The van der Waals surface area contributed by atoms with E-state index in [4.69, 9.17) is 11.6 Å². The Bertz CT molecular complexity index is 892. The second kappa shape index (κ2) is 11.9. The Morgan fingerprint density at radius 1 is 0.758 bits per heavy atom. The van der Waals surface area contributed by atoms with Crippen LogP contribution in [-0.2, 0) is 19.6 Å². The van der Waals surface area contributed by atoms with Crippen molar-refractivity contribution in [2.24, 2.45) is 16.2 Å². The number of halogens is 1. The van der Waals surface area contributed by atoms with Crippen molar-refractivity contribution in [3.63, 3.8) is 0 Å². The van der Waals surface area contributed by atoms with Crippen molar-refractivity contribution >= 4 is 11.6 Å². The molecule has 0 aromatic carbocycles. The Labute approximate surface area is 206 Å². The lowest BCUT2D eigenvalue weighted by atomic mass is 9.97. The van der Waals surface area contributed by atoms with Crippen LogP contribution in [0.15, 0.2) is 36.9 Å². The van der Waals surface area contributed by atoms with Crippen molar-refractivity contribution < 1.29 is 0 Å². The molecule has 0 N–H and O–H groups in total. The second-order valence-corrected chi connectivity index (χ2v) is 12.8. The molecule has 33 heavy (non-hydrogen) atoms. The van der Waals surface area contributed by atoms with Crippen LogP contribution >= 0.6 is 11.6 Å². The zero-order valence-electron chi connectivity index (χ0n) is 22.6. The van der Waals surface area contributed by atoms with Gasteiger partial charge in [-0.05, 0) is 47.8 Å². The molecule has 0 unspecified atom stereocenters. The van der Waals surface area contributed by atoms with Gasteiger partial charge in [0.15, 0.2) is 0 Å². The molecule has 0 saturated carbocycles. The van der Waals surface area contributed by atoms with Gasteiger partial charge in [-0.15, -0.1) is 0 Å². The summed E-state index contributed by atoms with van der Waals surface area (Å²) in [6.45, 7) is 26.7. The maximum Gasteiger partial charge on any atom is 0.127 e. The van der Waals surface area contributed by atoms with E-state index in [9.17, 15) is 0 Å². The van der Waals surface area contributed by atoms with Crippen molar-refractivity contribution in [2.75, 3.05) is 0 Å². The van der Waals surface area contributed by atoms with Gasteiger partial charge in [0.05, 0.1) is 18.1 Å². The SMILES string of the molecule is CC(C)(C)Cn1nccc1Cl.Cc1ccn(CC(C)(C)C)n1.Cc1cnn(CC(C)(C)C)c1. The predicted octanol–water partition coefficient (Wildman–Crippen LogP) is 7.06. The van der Waals surface area contributed by atoms with E-state index in [1.165, 1.54) is 5.56 Å². The van der Waals surface area contributed by atoms with E-state index < -0.39 is 0 Å². The lowest BCUT2D eigenvalue weighted by Gasteiger charge is -2.18. The smallest absolute Gasteiger partial charge is 0.127 e. The van der Waals surface area contributed by atoms with Crippen LogP contribution in [0.2, 0.25) is 5.15 Å². The van der Waals surface area contributed by atoms with E-state index >= 15 is 0 Å². The molecule has 7 heteroatoms. The van der Waals surface area contributed by atoms with Gasteiger partial charge in [0.1, 0.15) is 5.15 Å². The second-order valence-electron chi connectivity index (χ2n) is 12.4. The quantitative estimate of drug-likeness (QED) is 0.406. The van der Waals surface area contributed by atoms with E-state index in [0.717, 1.165) is 25.3 Å². The summed E-state index contributed by atoms with van der Waals surface area (Å²) < 4.78 is 5.80. The number of hydrogen-bond donors (Lipinski definition) is 0. The molecule has 0 aliphatic carbocycles. The predicted molar refractivity (Wildman–Crippen MR) is 140 cm³/mol. The average Bonchev–Trinajstić information content (AvgIpc) is 3.29. The Morgan fingerprint density at radius 2 is 1.30 bits per heavy atom. The molecule has 0 aliphatic rings. The Morgan fingerprint density at radius 3 is 1.67 bits per heavy atom. The topological polar surface area (TPSA) is 53.5 Å². The molecule has 3 heterocycles. The normalized spacial score (nSPS) is 12.0. The largest absolute Gasteiger partial charge is 0.272 e. The molecular formula is C26H45ClN6. The first-order valence-electron chi connectivity index (χ1n) is 11.6. The van der Waals surface area contributed by atoms with Crippen LogP contribution in [0.3, 0.4) is 0 Å². The van der Waals surface area contributed by atoms with E-state index in [1.54, 1.807) is 12.3 Å². The van der Waals surface area contributed by atoms with Crippen molar-refractivity contribution in [1.29, 1.82) is 0 Å². The van der Waals surface area contributed by atoms with Gasteiger partial charge in [0.2, 0.25) is 0 Å². The number of rotatable bonds is 3. The molecule has 0 spiro atoms. The molecule has 0 amide bonds. The van der Waals surface area contributed by atoms with E-state index in [0.29, 0.717) is 16.0 Å². The fraction of sp³-hybridized carbons (Fsp3) is 0.654. The van der Waals surface area contributed by atoms with Gasteiger partial charge >= 0.3 is 0 Å². The standard InChI is InChI=1S/2C9H16N2.C8H13ClN2/c1-8-5-10-11(6-8)7-9(2,3)4;1-8-5-6-11(10-8)7-9(2,3)4;1-8(2,3)6-11-7(9)4-5-10-11/h2*5-6H,7H2,1-4H3;4-5H,6H2,1-3H3. The highest BCUT2D eigenvalue weighted by Crippen LogP contribution is 2.19. The van der Waals surface area contributed by atoms with E-state index in [1.807, 2.05) is 39.4 Å². The summed E-state index contributed by atoms with van der Waals surface area (Å²) in [4.78, 5) is 0. The van der Waals surface area contributed by atoms with Gasteiger partial charge in [-0.3, -0.25) is 14.0 Å². The van der Waals surface area contributed by atoms with Crippen LogP contribution in [0.25, 0.3) is 0 Å². The minimum Gasteiger partial charge on any atom is -0.272 e. The molecule has 186 valence electrons. The third kappa shape index (κ3) is 13.9. The van der Waals surface area contributed by atoms with Gasteiger partial charge < -0.3 is 0 Å². The fourth-order valence-electron chi connectivity index (χ4n) is 2.96. The maximum atomic E-state index is 5.85. The average molecular weight is 477 g/mol. The monoisotopic (exact) mass is 476 g/mol. The van der Waals surface area contributed by atoms with Crippen LogP contribution < -0.4 is 0 Å². The summed E-state index contributed by atoms with van der Waals surface area (Å²) in [5.41, 5.74) is 3.19. The number of nitrogens with zero attached hydrogens (tertiary/aromatic N) is 6. The fourth-order valence-corrected chi connectivity index (χ4v) is 3.12. The molecule has 6 nitrogen and oxygen atoms in total. The van der Waals surface area contributed by atoms with Crippen molar-refractivity contribution in [2.45, 2.75) is 95.8 Å². The summed E-state index contributed by atoms with van der Waals surface area (Å²) in [5, 5.41) is 13.3. The third-order valence-corrected chi connectivity index (χ3v) is 4.42. The summed E-state index contributed by atoms with van der Waals surface area (Å²) in [7, 11) is 0. The minimum absolute atomic E-state index is 0.232. The first-order valence-corrected chi connectivity index (χ1v) is 12.0. The third-order valence-electron chi connectivity index (χ3n) is 4.10. The highest BCUT2D eigenvalue weighted by atomic mass is 35.5. The Kier molecular flexibility index (Phi) is 10.4. The van der Waals surface area contributed by atoms with E-state index in [-0.39, 0.29) is 5.41 Å². The lowest BCUT2D eigenvalue weighted by molar-refractivity contribution is 0.324. The molecule has 0 aliphatic heterocycles. The number of aromatic nitrogens is 6. The summed E-state index contributed by atoms with van der Waals surface area (Å²) in [6, 6.07) is 3.83. The molecule has 0 atom stereocenters. The first-order chi connectivity index (χ1) is 14.9. The van der Waals surface area contributed by atoms with Crippen LogP contribution in [-0.4, -0.2) is 29.3 Å². The maximum absolute atomic E-state index is 5.85. The van der Waals surface area contributed by atoms with Gasteiger partial charge in [0.25, 0.3) is 0 Å². The zero-order chi connectivity index (χ0) is 25.4. The summed E-state index contributed by atoms with van der Waals surface area (Å²) in [5.74, 6) is 0. The Balaban J connectivity index is 0.000000247. The molecule has 3 rings (SSSR count). The number of aryl methyl sites for hydroxylation is 2. The molecule has 3 aromatic rings. The van der Waals surface area contributed by atoms with Crippen molar-refractivity contribution in [3.05, 3.63) is 53.3 Å². The van der Waals surface area contributed by atoms with Gasteiger partial charge in [-0.1, -0.05) is 73.9 Å². The summed E-state index contributed by atoms with van der Waals surface area (Å²) in [6.07, 6.45) is 7.71. The molecule has 0 fully saturated rings. The highest BCUT2D eigenvalue weighted by Gasteiger charge is 2.13. The molecule has 3 aromatic heterocycles. The van der Waals surface area contributed by atoms with Gasteiger partial charge in [-0.25, -0.2) is 0 Å². The van der Waals surface area contributed by atoms with Crippen molar-refractivity contribution in [3.8, 4) is 0 Å². The highest BCUT2D eigenvalue weighted by molar-refractivity contribution is 6.29. The van der Waals surface area contributed by atoms with Crippen LogP contribution in [0.5, 0.6) is 0 Å². The molecule has 0 bridgehead atoms. The molecular weight excluding hydrogens is 432 g/mol. The lowest BCUT2D eigenvalue weighted by Crippen LogP contribution is -2.16. The van der Waals surface area contributed by atoms with Crippen LogP contribution in [0.4, 0.5) is 0 Å². The molecule has 0 saturated heterocycles. The molecule has 0 radical (unpaired) electrons. The van der Waals surface area contributed by atoms with Gasteiger partial charge in [0, 0.05) is 32.0 Å². The van der Waals surface area contributed by atoms with Gasteiger partial charge in [-0.2, -0.15) is 15.3 Å². The number of hydrogen-bond acceptors (Lipinski definition) is 3. The first kappa shape index (κ1) is 29.0.